The summed E-state index contributed by atoms with van der Waals surface area (Å²) in [7, 11) is 0. The summed E-state index contributed by atoms with van der Waals surface area (Å²) in [6, 6.07) is 5.95. The fourth-order valence-electron chi connectivity index (χ4n) is 2.36. The molecule has 0 aromatic heterocycles. The third kappa shape index (κ3) is 4.40. The predicted octanol–water partition coefficient (Wildman–Crippen LogP) is 2.24. The number of hydrogen-bond acceptors (Lipinski definition) is 3. The van der Waals surface area contributed by atoms with E-state index in [2.05, 4.69) is 5.32 Å². The summed E-state index contributed by atoms with van der Waals surface area (Å²) in [5, 5.41) is 4.16. The summed E-state index contributed by atoms with van der Waals surface area (Å²) < 4.78 is 5.40. The molecule has 19 heavy (non-hydrogen) atoms. The monoisotopic (exact) mass is 282 g/mol. The van der Waals surface area contributed by atoms with E-state index in [1.165, 1.54) is 25.7 Å². The first-order valence-corrected chi connectivity index (χ1v) is 6.96. The maximum Gasteiger partial charge on any atom is 0.255 e. The molecule has 1 aromatic rings. The van der Waals surface area contributed by atoms with E-state index >= 15 is 0 Å². The third-order valence-corrected chi connectivity index (χ3v) is 3.56. The highest BCUT2D eigenvalue weighted by molar-refractivity contribution is 6.30. The Hall–Kier alpha value is -1.26. The average molecular weight is 283 g/mol. The van der Waals surface area contributed by atoms with Gasteiger partial charge in [-0.3, -0.25) is 4.79 Å². The zero-order valence-corrected chi connectivity index (χ0v) is 11.6. The molecule has 2 rings (SSSR count). The number of nitrogens with one attached hydrogen (secondary N) is 1. The zero-order valence-electron chi connectivity index (χ0n) is 10.8. The van der Waals surface area contributed by atoms with Gasteiger partial charge in [0.2, 0.25) is 0 Å². The van der Waals surface area contributed by atoms with Crippen LogP contribution in [0.1, 0.15) is 31.2 Å². The molecule has 104 valence electrons. The van der Waals surface area contributed by atoms with Crippen molar-refractivity contribution in [3.05, 3.63) is 28.8 Å². The van der Waals surface area contributed by atoms with Gasteiger partial charge in [0, 0.05) is 23.2 Å². The molecule has 1 saturated carbocycles. The van der Waals surface area contributed by atoms with Crippen LogP contribution in [0.25, 0.3) is 0 Å². The van der Waals surface area contributed by atoms with E-state index in [4.69, 9.17) is 22.1 Å². The van der Waals surface area contributed by atoms with Crippen LogP contribution >= 0.6 is 11.6 Å². The minimum Gasteiger partial charge on any atom is -0.483 e. The first-order chi connectivity index (χ1) is 9.15. The molecule has 0 radical (unpaired) electrons. The Bertz CT molecular complexity index is 445. The Morgan fingerprint density at radius 1 is 1.42 bits per heavy atom. The molecule has 1 aliphatic carbocycles. The highest BCUT2D eigenvalue weighted by atomic mass is 35.5. The Labute approximate surface area is 118 Å². The van der Waals surface area contributed by atoms with Crippen molar-refractivity contribution < 1.29 is 9.53 Å². The van der Waals surface area contributed by atoms with Crippen LogP contribution in [0, 0.1) is 0 Å². The van der Waals surface area contributed by atoms with Gasteiger partial charge in [-0.05, 0) is 31.0 Å². The first-order valence-electron chi connectivity index (χ1n) is 6.58. The molecule has 3 N–H and O–H groups in total. The number of nitrogens with two attached hydrogens (primary N) is 1. The Morgan fingerprint density at radius 3 is 2.84 bits per heavy atom. The van der Waals surface area contributed by atoms with E-state index in [0.29, 0.717) is 23.4 Å². The van der Waals surface area contributed by atoms with Gasteiger partial charge in [0.15, 0.2) is 6.61 Å². The van der Waals surface area contributed by atoms with Crippen molar-refractivity contribution in [3.63, 3.8) is 0 Å². The van der Waals surface area contributed by atoms with Gasteiger partial charge in [-0.1, -0.05) is 24.4 Å². The Balaban J connectivity index is 1.99. The Morgan fingerprint density at radius 2 is 2.16 bits per heavy atom. The van der Waals surface area contributed by atoms with Crippen LogP contribution in [0.3, 0.4) is 0 Å². The van der Waals surface area contributed by atoms with Crippen molar-refractivity contribution in [1.82, 2.24) is 5.32 Å². The third-order valence-electron chi connectivity index (χ3n) is 3.33. The number of halogens is 1. The summed E-state index contributed by atoms with van der Waals surface area (Å²) in [6.45, 7) is 0.581. The standard InChI is InChI=1S/C14H19ClN2O2/c15-11-5-6-13(19-9-14(16)18)10(7-11)8-17-12-3-1-2-4-12/h5-7,12,17H,1-4,8-9H2,(H2,16,18). The SMILES string of the molecule is NC(=O)COc1ccc(Cl)cc1CNC1CCCC1. The van der Waals surface area contributed by atoms with Crippen molar-refractivity contribution in [1.29, 1.82) is 0 Å². The molecule has 0 heterocycles. The highest BCUT2D eigenvalue weighted by Crippen LogP contribution is 2.24. The van der Waals surface area contributed by atoms with Crippen LogP contribution in [-0.4, -0.2) is 18.6 Å². The topological polar surface area (TPSA) is 64.4 Å². The van der Waals surface area contributed by atoms with Crippen LogP contribution in [0.4, 0.5) is 0 Å². The minimum absolute atomic E-state index is 0.113. The summed E-state index contributed by atoms with van der Waals surface area (Å²) >= 11 is 6.00. The number of ether oxygens (including phenoxy) is 1. The smallest absolute Gasteiger partial charge is 0.255 e. The molecule has 0 bridgehead atoms. The highest BCUT2D eigenvalue weighted by Gasteiger charge is 2.15. The number of carbonyl (C=O) groups excluding carboxylic acids is 1. The van der Waals surface area contributed by atoms with E-state index < -0.39 is 5.91 Å². The molecule has 0 spiro atoms. The quantitative estimate of drug-likeness (QED) is 0.841. The van der Waals surface area contributed by atoms with Crippen LogP contribution < -0.4 is 15.8 Å². The second-order valence-corrected chi connectivity index (χ2v) is 5.31. The maximum atomic E-state index is 10.8. The van der Waals surface area contributed by atoms with Gasteiger partial charge in [-0.25, -0.2) is 0 Å². The number of rotatable bonds is 6. The molecular weight excluding hydrogens is 264 g/mol. The molecular formula is C14H19ClN2O2. The van der Waals surface area contributed by atoms with Crippen molar-refractivity contribution in [3.8, 4) is 5.75 Å². The van der Waals surface area contributed by atoms with E-state index in [0.717, 1.165) is 5.56 Å². The van der Waals surface area contributed by atoms with Crippen molar-refractivity contribution in [2.45, 2.75) is 38.3 Å². The van der Waals surface area contributed by atoms with Crippen LogP contribution in [0.5, 0.6) is 5.75 Å². The summed E-state index contributed by atoms with van der Waals surface area (Å²) in [4.78, 5) is 10.8. The lowest BCUT2D eigenvalue weighted by Crippen LogP contribution is -2.26. The first kappa shape index (κ1) is 14.2. The van der Waals surface area contributed by atoms with Gasteiger partial charge in [0.1, 0.15) is 5.75 Å². The molecule has 0 atom stereocenters. The lowest BCUT2D eigenvalue weighted by atomic mass is 10.1. The van der Waals surface area contributed by atoms with Crippen LogP contribution in [0.15, 0.2) is 18.2 Å². The lowest BCUT2D eigenvalue weighted by molar-refractivity contribution is -0.119. The summed E-state index contributed by atoms with van der Waals surface area (Å²) in [5.74, 6) is 0.179. The number of hydrogen-bond donors (Lipinski definition) is 2. The number of carbonyl (C=O) groups is 1. The van der Waals surface area contributed by atoms with Gasteiger partial charge in [0.25, 0.3) is 5.91 Å². The van der Waals surface area contributed by atoms with Gasteiger partial charge in [0.05, 0.1) is 0 Å². The van der Waals surface area contributed by atoms with Gasteiger partial charge in [-0.2, -0.15) is 0 Å². The maximum absolute atomic E-state index is 10.8. The van der Waals surface area contributed by atoms with E-state index in [-0.39, 0.29) is 6.61 Å². The number of benzene rings is 1. The molecule has 0 aliphatic heterocycles. The second-order valence-electron chi connectivity index (χ2n) is 4.87. The Kier molecular flexibility index (Phi) is 5.05. The normalized spacial score (nSPS) is 15.6. The van der Waals surface area contributed by atoms with E-state index in [9.17, 15) is 4.79 Å². The molecule has 1 amide bonds. The molecule has 0 saturated heterocycles. The fraction of sp³-hybridized carbons (Fsp3) is 0.500. The van der Waals surface area contributed by atoms with Gasteiger partial charge in [-0.15, -0.1) is 0 Å². The predicted molar refractivity (Wildman–Crippen MR) is 75.2 cm³/mol. The van der Waals surface area contributed by atoms with Crippen molar-refractivity contribution in [2.24, 2.45) is 5.73 Å². The largest absolute Gasteiger partial charge is 0.483 e. The summed E-state index contributed by atoms with van der Waals surface area (Å²) in [6.07, 6.45) is 5.02. The lowest BCUT2D eigenvalue weighted by Gasteiger charge is -2.15. The van der Waals surface area contributed by atoms with E-state index in [1.54, 1.807) is 12.1 Å². The number of amides is 1. The second kappa shape index (κ2) is 6.78. The molecule has 4 nitrogen and oxygen atoms in total. The number of primary amides is 1. The molecule has 1 aromatic carbocycles. The van der Waals surface area contributed by atoms with Crippen molar-refractivity contribution >= 4 is 17.5 Å². The zero-order chi connectivity index (χ0) is 13.7. The van der Waals surface area contributed by atoms with Gasteiger partial charge >= 0.3 is 0 Å². The molecule has 1 fully saturated rings. The minimum atomic E-state index is -0.482. The molecule has 5 heteroatoms. The average Bonchev–Trinajstić information content (AvgIpc) is 2.88. The van der Waals surface area contributed by atoms with Crippen LogP contribution in [0.2, 0.25) is 5.02 Å². The van der Waals surface area contributed by atoms with E-state index in [1.807, 2.05) is 6.07 Å². The summed E-state index contributed by atoms with van der Waals surface area (Å²) in [5.41, 5.74) is 6.05. The van der Waals surface area contributed by atoms with Crippen LogP contribution in [-0.2, 0) is 11.3 Å². The van der Waals surface area contributed by atoms with Crippen molar-refractivity contribution in [2.75, 3.05) is 6.61 Å². The van der Waals surface area contributed by atoms with Gasteiger partial charge < -0.3 is 15.8 Å². The fourth-order valence-corrected chi connectivity index (χ4v) is 2.55. The molecule has 0 unspecified atom stereocenters. The molecule has 1 aliphatic rings.